The molecule has 0 aliphatic rings. The van der Waals surface area contributed by atoms with E-state index < -0.39 is 5.89 Å². The van der Waals surface area contributed by atoms with Crippen LogP contribution in [-0.4, -0.2) is 19.6 Å². The number of imidazole rings is 1. The molecular weight excluding hydrogens is 767 g/mol. The summed E-state index contributed by atoms with van der Waals surface area (Å²) in [5, 5.41) is 12.3. The Kier molecular flexibility index (Phi) is 11.2. The van der Waals surface area contributed by atoms with Crippen molar-refractivity contribution >= 4 is 11.0 Å². The number of nitrogens with zero attached hydrogens (tertiary/aromatic N) is 3. The Bertz CT molecular complexity index is 2990. The van der Waals surface area contributed by atoms with Crippen molar-refractivity contribution in [3.8, 4) is 67.5 Å². The lowest BCUT2D eigenvalue weighted by atomic mass is 9.83. The molecule has 0 aliphatic carbocycles. The third-order valence-electron chi connectivity index (χ3n) is 12.5. The Balaban J connectivity index is 1.41. The van der Waals surface area contributed by atoms with E-state index in [-0.39, 0.29) is 28.4 Å². The summed E-state index contributed by atoms with van der Waals surface area (Å²) in [6, 6.07) is 47.6. The fourth-order valence-electron chi connectivity index (χ4n) is 8.56. The fourth-order valence-corrected chi connectivity index (χ4v) is 8.56. The number of phenols is 1. The normalized spacial score (nSPS) is 12.7. The molecule has 2 aromatic heterocycles. The molecule has 4 heteroatoms. The van der Waals surface area contributed by atoms with E-state index in [4.69, 9.17) is 11.3 Å². The number of hydrogen-bond acceptors (Lipinski definition) is 3. The lowest BCUT2D eigenvalue weighted by Crippen LogP contribution is -2.12. The number of benzene rings is 6. The van der Waals surface area contributed by atoms with Crippen LogP contribution < -0.4 is 0 Å². The Morgan fingerprint density at radius 2 is 1.24 bits per heavy atom. The first kappa shape index (κ1) is 42.1. The summed E-state index contributed by atoms with van der Waals surface area (Å²) >= 11 is 0. The van der Waals surface area contributed by atoms with Gasteiger partial charge in [-0.1, -0.05) is 168 Å². The van der Waals surface area contributed by atoms with Crippen LogP contribution in [0.1, 0.15) is 130 Å². The zero-order valence-corrected chi connectivity index (χ0v) is 39.2. The van der Waals surface area contributed by atoms with Crippen LogP contribution in [-0.2, 0) is 10.8 Å². The average Bonchev–Trinajstić information content (AvgIpc) is 3.65. The number of hydrogen-bond donors (Lipinski definition) is 1. The molecule has 8 rings (SSSR count). The van der Waals surface area contributed by atoms with Gasteiger partial charge in [-0.15, -0.1) is 0 Å². The molecule has 320 valence electrons. The summed E-state index contributed by atoms with van der Waals surface area (Å²) in [6.07, 6.45) is 1.89. The Hall–Kier alpha value is -6.26. The van der Waals surface area contributed by atoms with Gasteiger partial charge in [-0.2, -0.15) is 0 Å². The van der Waals surface area contributed by atoms with Gasteiger partial charge in [0.1, 0.15) is 11.6 Å². The zero-order valence-electron chi connectivity index (χ0n) is 40.2. The molecule has 6 aromatic carbocycles. The molecular formula is C59H63N3O. The van der Waals surface area contributed by atoms with Gasteiger partial charge < -0.3 is 5.11 Å². The van der Waals surface area contributed by atoms with Crippen LogP contribution in [0.4, 0.5) is 0 Å². The molecule has 0 unspecified atom stereocenters. The highest BCUT2D eigenvalue weighted by Gasteiger charge is 2.27. The van der Waals surface area contributed by atoms with E-state index >= 15 is 0 Å². The summed E-state index contributed by atoms with van der Waals surface area (Å²) < 4.78 is 10.8. The summed E-state index contributed by atoms with van der Waals surface area (Å²) in [6.45, 7) is 26.1. The quantitative estimate of drug-likeness (QED) is 0.158. The Labute approximate surface area is 377 Å². The average molecular weight is 831 g/mol. The topological polar surface area (TPSA) is 50.9 Å². The molecule has 0 bridgehead atoms. The second-order valence-corrected chi connectivity index (χ2v) is 20.2. The van der Waals surface area contributed by atoms with Crippen molar-refractivity contribution in [2.45, 2.75) is 112 Å². The minimum Gasteiger partial charge on any atom is -0.507 e. The maximum Gasteiger partial charge on any atom is 0.149 e. The number of para-hydroxylation sites is 1. The second kappa shape index (κ2) is 16.8. The third-order valence-corrected chi connectivity index (χ3v) is 12.5. The molecule has 0 amide bonds. The maximum absolute atomic E-state index is 12.3. The Morgan fingerprint density at radius 3 is 1.89 bits per heavy atom. The van der Waals surface area contributed by atoms with Gasteiger partial charge in [0, 0.05) is 24.3 Å². The van der Waals surface area contributed by atoms with E-state index in [1.54, 1.807) is 0 Å². The highest BCUT2D eigenvalue weighted by Crippen LogP contribution is 2.45. The van der Waals surface area contributed by atoms with Crippen LogP contribution in [0.3, 0.4) is 0 Å². The molecule has 0 saturated heterocycles. The Morgan fingerprint density at radius 1 is 0.540 bits per heavy atom. The standard InChI is InChI=1S/C59H63N3O/c1-36(2)39-21-23-40(24-22-39)42-27-28-60-52(34-42)45-29-44(30-47(31-45)59(10,11)12)48-19-16-20-54-55(48)61-57(51-33-43(37(3)4)32-49(38(5)6)56(51)63)62(54)53-26-25-46(58(7,8)9)35-50(53)41-17-14-13-15-18-41/h13-38,63H,1-12H3/i36D. The monoisotopic (exact) mass is 831 g/mol. The van der Waals surface area contributed by atoms with Crippen LogP contribution in [0.2, 0.25) is 0 Å². The molecule has 0 saturated carbocycles. The number of fused-ring (bicyclic) bond motifs is 1. The first-order chi connectivity index (χ1) is 30.2. The van der Waals surface area contributed by atoms with Crippen LogP contribution in [0.25, 0.3) is 72.7 Å². The molecule has 0 spiro atoms. The lowest BCUT2D eigenvalue weighted by molar-refractivity contribution is 0.466. The van der Waals surface area contributed by atoms with Gasteiger partial charge in [-0.05, 0) is 127 Å². The molecule has 8 aromatic rings. The molecule has 0 radical (unpaired) electrons. The highest BCUT2D eigenvalue weighted by molar-refractivity contribution is 5.98. The van der Waals surface area contributed by atoms with Crippen molar-refractivity contribution in [2.75, 3.05) is 0 Å². The van der Waals surface area contributed by atoms with Gasteiger partial charge in [0.05, 0.1) is 28.0 Å². The second-order valence-electron chi connectivity index (χ2n) is 20.2. The van der Waals surface area contributed by atoms with Gasteiger partial charge in [-0.3, -0.25) is 9.55 Å². The van der Waals surface area contributed by atoms with Crippen LogP contribution in [0.15, 0.2) is 140 Å². The van der Waals surface area contributed by atoms with E-state index in [2.05, 4.69) is 207 Å². The molecule has 0 fully saturated rings. The fraction of sp³-hybridized carbons (Fsp3) is 0.288. The van der Waals surface area contributed by atoms with Gasteiger partial charge in [-0.25, -0.2) is 4.98 Å². The molecule has 0 aliphatic heterocycles. The van der Waals surface area contributed by atoms with Gasteiger partial charge in [0.25, 0.3) is 0 Å². The first-order valence-electron chi connectivity index (χ1n) is 23.0. The summed E-state index contributed by atoms with van der Waals surface area (Å²) in [7, 11) is 0. The van der Waals surface area contributed by atoms with Gasteiger partial charge in [0.15, 0.2) is 0 Å². The van der Waals surface area contributed by atoms with Crippen LogP contribution in [0, 0.1) is 0 Å². The minimum absolute atomic E-state index is 0.0702. The molecule has 63 heavy (non-hydrogen) atoms. The van der Waals surface area contributed by atoms with Crippen molar-refractivity contribution < 1.29 is 6.48 Å². The zero-order chi connectivity index (χ0) is 45.9. The summed E-state index contributed by atoms with van der Waals surface area (Å²) in [5.41, 5.74) is 17.1. The third kappa shape index (κ3) is 8.61. The van der Waals surface area contributed by atoms with Gasteiger partial charge in [0.2, 0.25) is 0 Å². The molecule has 0 atom stereocenters. The van der Waals surface area contributed by atoms with Gasteiger partial charge >= 0.3 is 0 Å². The number of phenolic OH excluding ortho intramolecular Hbond substituents is 1. The first-order valence-corrected chi connectivity index (χ1v) is 22.5. The van der Waals surface area contributed by atoms with E-state index in [1.165, 1.54) is 11.1 Å². The van der Waals surface area contributed by atoms with Crippen molar-refractivity contribution in [3.63, 3.8) is 0 Å². The molecule has 4 nitrogen and oxygen atoms in total. The van der Waals surface area contributed by atoms with Crippen molar-refractivity contribution in [1.82, 2.24) is 14.5 Å². The summed E-state index contributed by atoms with van der Waals surface area (Å²) in [5.74, 6) is 0.660. The van der Waals surface area contributed by atoms with Crippen molar-refractivity contribution in [1.29, 1.82) is 0 Å². The largest absolute Gasteiger partial charge is 0.507 e. The maximum atomic E-state index is 12.3. The number of aromatic nitrogens is 3. The number of rotatable bonds is 9. The minimum atomic E-state index is -0.665. The van der Waals surface area contributed by atoms with Crippen molar-refractivity contribution in [2.24, 2.45) is 0 Å². The van der Waals surface area contributed by atoms with E-state index in [9.17, 15) is 5.11 Å². The van der Waals surface area contributed by atoms with Crippen LogP contribution >= 0.6 is 0 Å². The van der Waals surface area contributed by atoms with E-state index in [0.29, 0.717) is 5.82 Å². The van der Waals surface area contributed by atoms with E-state index in [1.807, 2.05) is 20.0 Å². The smallest absolute Gasteiger partial charge is 0.149 e. The number of aromatic hydroxyl groups is 1. The molecule has 2 heterocycles. The predicted octanol–water partition coefficient (Wildman–Crippen LogP) is 16.4. The predicted molar refractivity (Wildman–Crippen MR) is 267 cm³/mol. The SMILES string of the molecule is [2H]C(C)(C)c1ccc(-c2ccnc(-c3cc(-c4cccc5c4nc(-c4cc(C(C)C)cc(C(C)C)c4O)n5-c4ccc(C(C)(C)C)cc4-c4ccccc4)cc(C(C)(C)C)c3)c2)cc1. The van der Waals surface area contributed by atoms with E-state index in [0.717, 1.165) is 83.6 Å². The highest BCUT2D eigenvalue weighted by atomic mass is 16.3. The summed E-state index contributed by atoms with van der Waals surface area (Å²) in [4.78, 5) is 10.6. The molecule has 1 N–H and O–H groups in total. The van der Waals surface area contributed by atoms with Crippen molar-refractivity contribution in [3.05, 3.63) is 167 Å². The lowest BCUT2D eigenvalue weighted by Gasteiger charge is -2.23. The van der Waals surface area contributed by atoms with Crippen LogP contribution in [0.5, 0.6) is 5.75 Å². The number of pyridine rings is 1.